The Morgan fingerprint density at radius 2 is 1.83 bits per heavy atom. The van der Waals surface area contributed by atoms with Crippen LogP contribution < -0.4 is 10.6 Å². The van der Waals surface area contributed by atoms with E-state index in [1.165, 1.54) is 32.1 Å². The van der Waals surface area contributed by atoms with Gasteiger partial charge in [0.1, 0.15) is 0 Å². The fourth-order valence-corrected chi connectivity index (χ4v) is 3.28. The van der Waals surface area contributed by atoms with E-state index in [2.05, 4.69) is 56.7 Å². The van der Waals surface area contributed by atoms with Crippen LogP contribution in [0.3, 0.4) is 0 Å². The number of hydrogen-bond donors (Lipinski definition) is 2. The normalized spacial score (nSPS) is 16.7. The van der Waals surface area contributed by atoms with Crippen molar-refractivity contribution >= 4 is 5.96 Å². The van der Waals surface area contributed by atoms with Crippen molar-refractivity contribution in [2.75, 3.05) is 33.7 Å². The predicted octanol–water partition coefficient (Wildman–Crippen LogP) is 2.31. The lowest BCUT2D eigenvalue weighted by molar-refractivity contribution is 0.190. The number of hydrogen-bond acceptors (Lipinski definition) is 2. The van der Waals surface area contributed by atoms with Crippen LogP contribution in [-0.2, 0) is 6.54 Å². The molecule has 1 aliphatic rings. The topological polar surface area (TPSA) is 44.6 Å². The summed E-state index contributed by atoms with van der Waals surface area (Å²) in [6.07, 6.45) is 12.3. The van der Waals surface area contributed by atoms with Crippen LogP contribution in [0.1, 0.15) is 38.5 Å². The Balaban J connectivity index is 1.54. The van der Waals surface area contributed by atoms with Crippen LogP contribution in [0.25, 0.3) is 0 Å². The maximum absolute atomic E-state index is 4.28. The highest BCUT2D eigenvalue weighted by Crippen LogP contribution is 2.21. The van der Waals surface area contributed by atoms with Crippen molar-refractivity contribution in [2.24, 2.45) is 4.99 Å². The second-order valence-electron chi connectivity index (χ2n) is 6.47. The molecule has 0 aliphatic heterocycles. The van der Waals surface area contributed by atoms with Gasteiger partial charge < -0.3 is 20.1 Å². The van der Waals surface area contributed by atoms with Gasteiger partial charge >= 0.3 is 0 Å². The van der Waals surface area contributed by atoms with Crippen LogP contribution in [0, 0.1) is 0 Å². The van der Waals surface area contributed by atoms with Crippen LogP contribution in [0.2, 0.25) is 0 Å². The molecule has 0 bridgehead atoms. The zero-order valence-electron chi connectivity index (χ0n) is 14.8. The van der Waals surface area contributed by atoms with Gasteiger partial charge in [0.2, 0.25) is 0 Å². The predicted molar refractivity (Wildman–Crippen MR) is 97.9 cm³/mol. The van der Waals surface area contributed by atoms with Gasteiger partial charge in [-0.3, -0.25) is 4.99 Å². The molecular formula is C18H33N5. The highest BCUT2D eigenvalue weighted by Gasteiger charge is 2.17. The zero-order chi connectivity index (χ0) is 16.3. The van der Waals surface area contributed by atoms with Gasteiger partial charge in [-0.25, -0.2) is 0 Å². The monoisotopic (exact) mass is 319 g/mol. The van der Waals surface area contributed by atoms with Gasteiger partial charge in [0.15, 0.2) is 5.96 Å². The number of rotatable bonds is 8. The second kappa shape index (κ2) is 10.3. The highest BCUT2D eigenvalue weighted by atomic mass is 15.2. The summed E-state index contributed by atoms with van der Waals surface area (Å²) in [7, 11) is 4.11. The maximum Gasteiger partial charge on any atom is 0.191 e. The Kier molecular flexibility index (Phi) is 8.01. The maximum atomic E-state index is 4.28. The lowest BCUT2D eigenvalue weighted by Gasteiger charge is -2.31. The Morgan fingerprint density at radius 3 is 2.52 bits per heavy atom. The Labute approximate surface area is 141 Å². The molecule has 1 fully saturated rings. The molecule has 1 aromatic rings. The van der Waals surface area contributed by atoms with E-state index in [1.54, 1.807) is 0 Å². The Morgan fingerprint density at radius 1 is 1.13 bits per heavy atom. The van der Waals surface area contributed by atoms with E-state index in [0.717, 1.165) is 44.6 Å². The number of aliphatic imine (C=N–C) groups is 1. The summed E-state index contributed by atoms with van der Waals surface area (Å²) in [5, 5.41) is 6.77. The summed E-state index contributed by atoms with van der Waals surface area (Å²) in [6, 6.07) is 4.91. The van der Waals surface area contributed by atoms with Crippen LogP contribution in [0.5, 0.6) is 0 Å². The SMILES string of the molecule is CN=C(NCCCN(C)C1CCCCC1)NCCn1cccc1. The molecule has 0 aromatic carbocycles. The summed E-state index contributed by atoms with van der Waals surface area (Å²) < 4.78 is 2.17. The van der Waals surface area contributed by atoms with Gasteiger partial charge in [-0.15, -0.1) is 0 Å². The smallest absolute Gasteiger partial charge is 0.191 e. The molecule has 0 saturated heterocycles. The van der Waals surface area contributed by atoms with Crippen molar-refractivity contribution in [3.63, 3.8) is 0 Å². The average Bonchev–Trinajstić information content (AvgIpc) is 3.11. The minimum absolute atomic E-state index is 0.808. The lowest BCUT2D eigenvalue weighted by atomic mass is 9.94. The van der Waals surface area contributed by atoms with Crippen molar-refractivity contribution in [3.8, 4) is 0 Å². The molecule has 1 heterocycles. The van der Waals surface area contributed by atoms with Gasteiger partial charge in [0.05, 0.1) is 0 Å². The molecule has 1 saturated carbocycles. The summed E-state index contributed by atoms with van der Waals surface area (Å²) in [5.74, 6) is 0.900. The number of nitrogens with one attached hydrogen (secondary N) is 2. The first-order valence-electron chi connectivity index (χ1n) is 9.05. The summed E-state index contributed by atoms with van der Waals surface area (Å²) in [4.78, 5) is 6.83. The van der Waals surface area contributed by atoms with Crippen LogP contribution in [0.4, 0.5) is 0 Å². The lowest BCUT2D eigenvalue weighted by Crippen LogP contribution is -2.40. The molecule has 2 N–H and O–H groups in total. The molecule has 1 aromatic heterocycles. The molecule has 0 atom stereocenters. The van der Waals surface area contributed by atoms with Crippen molar-refractivity contribution in [3.05, 3.63) is 24.5 Å². The van der Waals surface area contributed by atoms with Crippen molar-refractivity contribution < 1.29 is 0 Å². The minimum Gasteiger partial charge on any atom is -0.356 e. The molecule has 0 radical (unpaired) electrons. The molecular weight excluding hydrogens is 286 g/mol. The van der Waals surface area contributed by atoms with Gasteiger partial charge in [-0.05, 0) is 45.0 Å². The van der Waals surface area contributed by atoms with Gasteiger partial charge in [0, 0.05) is 45.1 Å². The molecule has 0 unspecified atom stereocenters. The largest absolute Gasteiger partial charge is 0.356 e. The fraction of sp³-hybridized carbons (Fsp3) is 0.722. The van der Waals surface area contributed by atoms with E-state index < -0.39 is 0 Å². The van der Waals surface area contributed by atoms with E-state index in [4.69, 9.17) is 0 Å². The standard InChI is InChI=1S/C18H33N5/c1-19-18(21-12-16-23-14-6-7-15-23)20-11-8-13-22(2)17-9-4-3-5-10-17/h6-7,14-15,17H,3-5,8-13,16H2,1-2H3,(H2,19,20,21). The van der Waals surface area contributed by atoms with E-state index in [0.29, 0.717) is 0 Å². The molecule has 2 rings (SSSR count). The molecule has 5 nitrogen and oxygen atoms in total. The molecule has 130 valence electrons. The Hall–Kier alpha value is -1.49. The fourth-order valence-electron chi connectivity index (χ4n) is 3.28. The van der Waals surface area contributed by atoms with Gasteiger partial charge in [-0.1, -0.05) is 19.3 Å². The van der Waals surface area contributed by atoms with E-state index in [-0.39, 0.29) is 0 Å². The third kappa shape index (κ3) is 6.65. The molecule has 0 spiro atoms. The summed E-state index contributed by atoms with van der Waals surface area (Å²) >= 11 is 0. The first kappa shape index (κ1) is 17.9. The zero-order valence-corrected chi connectivity index (χ0v) is 14.8. The quantitative estimate of drug-likeness (QED) is 0.439. The van der Waals surface area contributed by atoms with E-state index in [9.17, 15) is 0 Å². The minimum atomic E-state index is 0.808. The second-order valence-corrected chi connectivity index (χ2v) is 6.47. The highest BCUT2D eigenvalue weighted by molar-refractivity contribution is 5.79. The first-order valence-corrected chi connectivity index (χ1v) is 9.05. The third-order valence-corrected chi connectivity index (χ3v) is 4.73. The molecule has 5 heteroatoms. The Bertz CT molecular complexity index is 434. The van der Waals surface area contributed by atoms with Gasteiger partial charge in [-0.2, -0.15) is 0 Å². The van der Waals surface area contributed by atoms with Crippen LogP contribution >= 0.6 is 0 Å². The van der Waals surface area contributed by atoms with E-state index >= 15 is 0 Å². The summed E-state index contributed by atoms with van der Waals surface area (Å²) in [5.41, 5.74) is 0. The molecule has 0 amide bonds. The molecule has 1 aliphatic carbocycles. The number of guanidine groups is 1. The first-order chi connectivity index (χ1) is 11.3. The molecule has 23 heavy (non-hydrogen) atoms. The van der Waals surface area contributed by atoms with Gasteiger partial charge in [0.25, 0.3) is 0 Å². The third-order valence-electron chi connectivity index (χ3n) is 4.73. The van der Waals surface area contributed by atoms with Crippen LogP contribution in [-0.4, -0.2) is 55.2 Å². The van der Waals surface area contributed by atoms with Crippen molar-refractivity contribution in [1.82, 2.24) is 20.1 Å². The number of nitrogens with zero attached hydrogens (tertiary/aromatic N) is 3. The average molecular weight is 319 g/mol. The van der Waals surface area contributed by atoms with E-state index in [1.807, 2.05) is 7.05 Å². The number of aromatic nitrogens is 1. The van der Waals surface area contributed by atoms with Crippen molar-refractivity contribution in [2.45, 2.75) is 51.1 Å². The summed E-state index contributed by atoms with van der Waals surface area (Å²) in [6.45, 7) is 3.98. The van der Waals surface area contributed by atoms with Crippen LogP contribution in [0.15, 0.2) is 29.5 Å². The van der Waals surface area contributed by atoms with Crippen molar-refractivity contribution in [1.29, 1.82) is 0 Å².